The van der Waals surface area contributed by atoms with E-state index in [1.807, 2.05) is 0 Å². The summed E-state index contributed by atoms with van der Waals surface area (Å²) >= 11 is 6.02. The topological polar surface area (TPSA) is 75.7 Å². The monoisotopic (exact) mass is 394 g/mol. The molecule has 1 amide bonds. The minimum Gasteiger partial charge on any atom is -0.491 e. The fraction of sp³-hybridized carbons (Fsp3) is 0.278. The number of halogens is 1. The van der Waals surface area contributed by atoms with Crippen LogP contribution in [0.15, 0.2) is 47.4 Å². The third-order valence-corrected chi connectivity index (χ3v) is 6.35. The van der Waals surface area contributed by atoms with E-state index in [-0.39, 0.29) is 24.0 Å². The Labute approximate surface area is 157 Å². The van der Waals surface area contributed by atoms with Crippen molar-refractivity contribution in [1.82, 2.24) is 4.31 Å². The number of amides is 1. The summed E-state index contributed by atoms with van der Waals surface area (Å²) in [6.07, 6.45) is 0.891. The maximum absolute atomic E-state index is 12.7. The van der Waals surface area contributed by atoms with E-state index in [1.54, 1.807) is 36.4 Å². The summed E-state index contributed by atoms with van der Waals surface area (Å²) in [7, 11) is -2.14. The summed E-state index contributed by atoms with van der Waals surface area (Å²) in [5.74, 6) is 0.464. The molecule has 0 aromatic heterocycles. The van der Waals surface area contributed by atoms with Gasteiger partial charge < -0.3 is 10.1 Å². The minimum absolute atomic E-state index is 0.0538. The van der Waals surface area contributed by atoms with E-state index < -0.39 is 10.0 Å². The number of sulfonamides is 1. The van der Waals surface area contributed by atoms with Gasteiger partial charge in [-0.15, -0.1) is 0 Å². The third-order valence-electron chi connectivity index (χ3n) is 4.18. The highest BCUT2D eigenvalue weighted by molar-refractivity contribution is 7.89. The lowest BCUT2D eigenvalue weighted by Crippen LogP contribution is -2.31. The fourth-order valence-electron chi connectivity index (χ4n) is 2.67. The van der Waals surface area contributed by atoms with Crippen LogP contribution >= 0.6 is 11.6 Å². The molecular weight excluding hydrogens is 376 g/mol. The molecule has 0 unspecified atom stereocenters. The van der Waals surface area contributed by atoms with Gasteiger partial charge in [-0.2, -0.15) is 4.31 Å². The Hall–Kier alpha value is -2.09. The van der Waals surface area contributed by atoms with Crippen LogP contribution in [0.3, 0.4) is 0 Å². The molecule has 1 N–H and O–H groups in total. The Kier molecular flexibility index (Phi) is 5.50. The van der Waals surface area contributed by atoms with Crippen LogP contribution in [0.4, 0.5) is 5.69 Å². The molecule has 1 aliphatic rings. The number of anilines is 1. The zero-order valence-electron chi connectivity index (χ0n) is 14.2. The number of likely N-dealkylation sites (N-methyl/N-ethyl adjacent to an activating group) is 1. The first-order chi connectivity index (χ1) is 12.4. The van der Waals surface area contributed by atoms with Crippen molar-refractivity contribution in [2.75, 3.05) is 25.5 Å². The van der Waals surface area contributed by atoms with E-state index in [4.69, 9.17) is 16.3 Å². The number of fused-ring (bicyclic) bond motifs is 1. The van der Waals surface area contributed by atoms with Gasteiger partial charge in [-0.3, -0.25) is 4.79 Å². The van der Waals surface area contributed by atoms with Crippen molar-refractivity contribution in [3.8, 4) is 5.75 Å². The van der Waals surface area contributed by atoms with Crippen molar-refractivity contribution in [1.29, 1.82) is 0 Å². The van der Waals surface area contributed by atoms with Gasteiger partial charge in [0.1, 0.15) is 12.4 Å². The van der Waals surface area contributed by atoms with Crippen LogP contribution in [0.1, 0.15) is 12.0 Å². The highest BCUT2D eigenvalue weighted by Gasteiger charge is 2.23. The number of nitrogens with one attached hydrogen (secondary N) is 1. The second-order valence-corrected chi connectivity index (χ2v) is 8.42. The maximum Gasteiger partial charge on any atom is 0.242 e. The summed E-state index contributed by atoms with van der Waals surface area (Å²) < 4.78 is 32.3. The molecule has 0 aliphatic carbocycles. The molecule has 0 bridgehead atoms. The summed E-state index contributed by atoms with van der Waals surface area (Å²) in [5, 5.41) is 3.23. The van der Waals surface area contributed by atoms with Crippen LogP contribution in [-0.4, -0.2) is 38.8 Å². The lowest BCUT2D eigenvalue weighted by Gasteiger charge is -2.21. The van der Waals surface area contributed by atoms with Gasteiger partial charge in [0.15, 0.2) is 0 Å². The number of carbonyl (C=O) groups excluding carboxylic acids is 1. The van der Waals surface area contributed by atoms with Gasteiger partial charge >= 0.3 is 0 Å². The number of para-hydroxylation sites is 1. The van der Waals surface area contributed by atoms with Gasteiger partial charge in [0.05, 0.1) is 9.92 Å². The van der Waals surface area contributed by atoms with Gasteiger partial charge in [0.25, 0.3) is 0 Å². The van der Waals surface area contributed by atoms with E-state index in [0.29, 0.717) is 29.3 Å². The molecule has 0 radical (unpaired) electrons. The molecule has 0 atom stereocenters. The van der Waals surface area contributed by atoms with Gasteiger partial charge in [-0.1, -0.05) is 23.7 Å². The van der Waals surface area contributed by atoms with Crippen molar-refractivity contribution in [3.63, 3.8) is 0 Å². The lowest BCUT2D eigenvalue weighted by molar-refractivity contribution is -0.116. The Morgan fingerprint density at radius 1 is 1.19 bits per heavy atom. The van der Waals surface area contributed by atoms with E-state index in [9.17, 15) is 13.2 Å². The van der Waals surface area contributed by atoms with E-state index >= 15 is 0 Å². The Balaban J connectivity index is 1.67. The SMILES string of the molecule is CN(CCOc1ccccc1Cl)S(=O)(=O)c1ccc2c(c1)CCC(=O)N2. The van der Waals surface area contributed by atoms with E-state index in [2.05, 4.69) is 5.32 Å². The second kappa shape index (κ2) is 7.65. The molecular formula is C18H19ClN2O4S. The zero-order chi connectivity index (χ0) is 18.7. The van der Waals surface area contributed by atoms with Gasteiger partial charge in [-0.25, -0.2) is 8.42 Å². The maximum atomic E-state index is 12.7. The van der Waals surface area contributed by atoms with Gasteiger partial charge in [0.2, 0.25) is 15.9 Å². The molecule has 1 aliphatic heterocycles. The summed E-state index contributed by atoms with van der Waals surface area (Å²) in [6, 6.07) is 11.8. The number of ether oxygens (including phenoxy) is 1. The number of carbonyl (C=O) groups is 1. The van der Waals surface area contributed by atoms with Crippen molar-refractivity contribution < 1.29 is 17.9 Å². The summed E-state index contributed by atoms with van der Waals surface area (Å²) in [4.78, 5) is 11.6. The number of rotatable bonds is 6. The number of hydrogen-bond acceptors (Lipinski definition) is 4. The van der Waals surface area contributed by atoms with Crippen LogP contribution in [-0.2, 0) is 21.2 Å². The predicted molar refractivity (Wildman–Crippen MR) is 100 cm³/mol. The van der Waals surface area contributed by atoms with E-state index in [0.717, 1.165) is 5.56 Å². The normalized spacial score (nSPS) is 14.0. The van der Waals surface area contributed by atoms with Crippen LogP contribution in [0.5, 0.6) is 5.75 Å². The molecule has 0 saturated carbocycles. The van der Waals surface area contributed by atoms with Crippen LogP contribution in [0.25, 0.3) is 0 Å². The van der Waals surface area contributed by atoms with Gasteiger partial charge in [-0.05, 0) is 42.3 Å². The average Bonchev–Trinajstić information content (AvgIpc) is 2.62. The standard InChI is InChI=1S/C18H19ClN2O4S/c1-21(10-11-25-17-5-3-2-4-15(17)19)26(23,24)14-7-8-16-13(12-14)6-9-18(22)20-16/h2-5,7-8,12H,6,9-11H2,1H3,(H,20,22). The van der Waals surface area contributed by atoms with Crippen LogP contribution in [0, 0.1) is 0 Å². The number of hydrogen-bond donors (Lipinski definition) is 1. The molecule has 3 rings (SSSR count). The molecule has 1 heterocycles. The fourth-order valence-corrected chi connectivity index (χ4v) is 4.06. The number of nitrogens with zero attached hydrogens (tertiary/aromatic N) is 1. The first-order valence-electron chi connectivity index (χ1n) is 8.14. The molecule has 2 aromatic rings. The number of benzene rings is 2. The molecule has 8 heteroatoms. The molecule has 0 fully saturated rings. The zero-order valence-corrected chi connectivity index (χ0v) is 15.8. The first kappa shape index (κ1) is 18.7. The Bertz CT molecular complexity index is 931. The largest absolute Gasteiger partial charge is 0.491 e. The average molecular weight is 395 g/mol. The minimum atomic E-state index is -3.64. The molecule has 26 heavy (non-hydrogen) atoms. The molecule has 0 saturated heterocycles. The second-order valence-electron chi connectivity index (χ2n) is 5.97. The highest BCUT2D eigenvalue weighted by atomic mass is 35.5. The smallest absolute Gasteiger partial charge is 0.242 e. The third kappa shape index (κ3) is 4.00. The first-order valence-corrected chi connectivity index (χ1v) is 9.96. The molecule has 6 nitrogen and oxygen atoms in total. The van der Waals surface area contributed by atoms with Gasteiger partial charge in [0, 0.05) is 25.7 Å². The van der Waals surface area contributed by atoms with Crippen LogP contribution in [0.2, 0.25) is 5.02 Å². The molecule has 2 aromatic carbocycles. The van der Waals surface area contributed by atoms with E-state index in [1.165, 1.54) is 17.4 Å². The summed E-state index contributed by atoms with van der Waals surface area (Å²) in [5.41, 5.74) is 1.50. The highest BCUT2D eigenvalue weighted by Crippen LogP contribution is 2.27. The van der Waals surface area contributed by atoms with Crippen molar-refractivity contribution in [3.05, 3.63) is 53.1 Å². The predicted octanol–water partition coefficient (Wildman–Crippen LogP) is 2.92. The van der Waals surface area contributed by atoms with Crippen molar-refractivity contribution in [2.24, 2.45) is 0 Å². The molecule has 0 spiro atoms. The number of aryl methyl sites for hydroxylation is 1. The summed E-state index contributed by atoms with van der Waals surface area (Å²) in [6.45, 7) is 0.363. The van der Waals surface area contributed by atoms with Crippen LogP contribution < -0.4 is 10.1 Å². The molecule has 138 valence electrons. The quantitative estimate of drug-likeness (QED) is 0.817. The Morgan fingerprint density at radius 3 is 2.73 bits per heavy atom. The lowest BCUT2D eigenvalue weighted by atomic mass is 10.0. The van der Waals surface area contributed by atoms with Crippen molar-refractivity contribution >= 4 is 33.2 Å². The van der Waals surface area contributed by atoms with Crippen molar-refractivity contribution in [2.45, 2.75) is 17.7 Å². The Morgan fingerprint density at radius 2 is 1.96 bits per heavy atom.